The molecular formula is C10H12O3. The average Bonchev–Trinajstić information content (AvgIpc) is 2.03. The van der Waals surface area contributed by atoms with Crippen LogP contribution in [0.5, 0.6) is 0 Å². The molecule has 0 saturated carbocycles. The lowest BCUT2D eigenvalue weighted by molar-refractivity contribution is -0.152. The first-order chi connectivity index (χ1) is 6.11. The van der Waals surface area contributed by atoms with E-state index in [0.29, 0.717) is 0 Å². The van der Waals surface area contributed by atoms with Gasteiger partial charge in [0.15, 0.2) is 5.78 Å². The van der Waals surface area contributed by atoms with Crippen molar-refractivity contribution in [2.45, 2.75) is 20.0 Å². The Morgan fingerprint density at radius 2 is 2.15 bits per heavy atom. The fraction of sp³-hybridized carbons (Fsp3) is 0.400. The van der Waals surface area contributed by atoms with Gasteiger partial charge in [0.25, 0.3) is 0 Å². The lowest BCUT2D eigenvalue weighted by Gasteiger charge is -2.13. The molecule has 1 aliphatic carbocycles. The fourth-order valence-electron chi connectivity index (χ4n) is 1.02. The first-order valence-electron chi connectivity index (χ1n) is 4.20. The van der Waals surface area contributed by atoms with Crippen molar-refractivity contribution in [2.24, 2.45) is 5.92 Å². The summed E-state index contributed by atoms with van der Waals surface area (Å²) in [4.78, 5) is 22.5. The molecule has 0 saturated heterocycles. The van der Waals surface area contributed by atoms with Gasteiger partial charge in [-0.05, 0) is 19.9 Å². The second-order valence-electron chi connectivity index (χ2n) is 3.11. The summed E-state index contributed by atoms with van der Waals surface area (Å²) in [6.07, 6.45) is 6.04. The average molecular weight is 180 g/mol. The smallest absolute Gasteiger partial charge is 0.321 e. The Kier molecular flexibility index (Phi) is 3.01. The number of ether oxygens (including phenoxy) is 1. The summed E-state index contributed by atoms with van der Waals surface area (Å²) in [5, 5.41) is 0. The van der Waals surface area contributed by atoms with E-state index in [0.717, 1.165) is 0 Å². The van der Waals surface area contributed by atoms with Crippen LogP contribution in [0.15, 0.2) is 24.3 Å². The zero-order valence-corrected chi connectivity index (χ0v) is 7.69. The lowest BCUT2D eigenvalue weighted by atomic mass is 10.00. The van der Waals surface area contributed by atoms with Crippen LogP contribution in [-0.4, -0.2) is 17.9 Å². The molecule has 0 N–H and O–H groups in total. The van der Waals surface area contributed by atoms with Crippen LogP contribution in [0.1, 0.15) is 13.8 Å². The summed E-state index contributed by atoms with van der Waals surface area (Å²) >= 11 is 0. The molecule has 0 amide bonds. The van der Waals surface area contributed by atoms with Crippen LogP contribution in [0.25, 0.3) is 0 Å². The molecular weight excluding hydrogens is 168 g/mol. The molecule has 3 heteroatoms. The highest BCUT2D eigenvalue weighted by molar-refractivity contribution is 6.07. The summed E-state index contributed by atoms with van der Waals surface area (Å²) in [5.74, 6) is -1.43. The van der Waals surface area contributed by atoms with Crippen molar-refractivity contribution in [3.63, 3.8) is 0 Å². The van der Waals surface area contributed by atoms with E-state index in [-0.39, 0.29) is 11.9 Å². The SMILES string of the molecule is CC(C)OC(=O)C1C=CC=CC1=O. The highest BCUT2D eigenvalue weighted by Gasteiger charge is 2.25. The zero-order chi connectivity index (χ0) is 9.84. The van der Waals surface area contributed by atoms with Gasteiger partial charge >= 0.3 is 5.97 Å². The van der Waals surface area contributed by atoms with E-state index in [2.05, 4.69) is 0 Å². The number of hydrogen-bond donors (Lipinski definition) is 0. The van der Waals surface area contributed by atoms with Gasteiger partial charge in [0.1, 0.15) is 5.92 Å². The number of carbonyl (C=O) groups is 2. The summed E-state index contributed by atoms with van der Waals surface area (Å²) in [6.45, 7) is 3.51. The maximum absolute atomic E-state index is 11.3. The number of esters is 1. The van der Waals surface area contributed by atoms with Crippen molar-refractivity contribution in [2.75, 3.05) is 0 Å². The predicted molar refractivity (Wildman–Crippen MR) is 48.0 cm³/mol. The molecule has 1 rings (SSSR count). The molecule has 0 aromatic rings. The van der Waals surface area contributed by atoms with Crippen molar-refractivity contribution in [3.05, 3.63) is 24.3 Å². The van der Waals surface area contributed by atoms with Crippen LogP contribution < -0.4 is 0 Å². The Balaban J connectivity index is 2.62. The second kappa shape index (κ2) is 4.03. The molecule has 0 fully saturated rings. The van der Waals surface area contributed by atoms with E-state index in [1.807, 2.05) is 0 Å². The molecule has 70 valence electrons. The van der Waals surface area contributed by atoms with Gasteiger partial charge in [-0.2, -0.15) is 0 Å². The van der Waals surface area contributed by atoms with E-state index >= 15 is 0 Å². The lowest BCUT2D eigenvalue weighted by Crippen LogP contribution is -2.26. The topological polar surface area (TPSA) is 43.4 Å². The first kappa shape index (κ1) is 9.71. The predicted octanol–water partition coefficient (Wildman–Crippen LogP) is 1.25. The zero-order valence-electron chi connectivity index (χ0n) is 7.69. The van der Waals surface area contributed by atoms with Crippen molar-refractivity contribution in [1.82, 2.24) is 0 Å². The fourth-order valence-corrected chi connectivity index (χ4v) is 1.02. The largest absolute Gasteiger partial charge is 0.462 e. The molecule has 13 heavy (non-hydrogen) atoms. The van der Waals surface area contributed by atoms with Crippen molar-refractivity contribution >= 4 is 11.8 Å². The van der Waals surface area contributed by atoms with Crippen LogP contribution in [0.2, 0.25) is 0 Å². The van der Waals surface area contributed by atoms with Gasteiger partial charge in [-0.15, -0.1) is 0 Å². The third-order valence-corrected chi connectivity index (χ3v) is 1.59. The van der Waals surface area contributed by atoms with Crippen LogP contribution >= 0.6 is 0 Å². The van der Waals surface area contributed by atoms with E-state index in [9.17, 15) is 9.59 Å². The van der Waals surface area contributed by atoms with Gasteiger partial charge in [-0.1, -0.05) is 18.2 Å². The molecule has 1 unspecified atom stereocenters. The molecule has 1 atom stereocenters. The second-order valence-corrected chi connectivity index (χ2v) is 3.11. The van der Waals surface area contributed by atoms with Crippen LogP contribution in [-0.2, 0) is 14.3 Å². The minimum atomic E-state index is -0.743. The van der Waals surface area contributed by atoms with Gasteiger partial charge in [0.2, 0.25) is 0 Å². The Hall–Kier alpha value is -1.38. The minimum absolute atomic E-state index is 0.181. The highest BCUT2D eigenvalue weighted by atomic mass is 16.5. The monoisotopic (exact) mass is 180 g/mol. The highest BCUT2D eigenvalue weighted by Crippen LogP contribution is 2.10. The van der Waals surface area contributed by atoms with E-state index in [1.54, 1.807) is 32.1 Å². The van der Waals surface area contributed by atoms with Crippen molar-refractivity contribution < 1.29 is 14.3 Å². The standard InChI is InChI=1S/C10H12O3/c1-7(2)13-10(12)8-5-3-4-6-9(8)11/h3-8H,1-2H3. The quantitative estimate of drug-likeness (QED) is 0.474. The molecule has 1 aliphatic rings. The third kappa shape index (κ3) is 2.54. The molecule has 0 aromatic heterocycles. The molecule has 0 bridgehead atoms. The van der Waals surface area contributed by atoms with E-state index in [1.165, 1.54) is 6.08 Å². The van der Waals surface area contributed by atoms with Gasteiger partial charge in [-0.25, -0.2) is 0 Å². The van der Waals surface area contributed by atoms with Crippen molar-refractivity contribution in [3.8, 4) is 0 Å². The van der Waals surface area contributed by atoms with Crippen molar-refractivity contribution in [1.29, 1.82) is 0 Å². The molecule has 0 spiro atoms. The van der Waals surface area contributed by atoms with Gasteiger partial charge in [0.05, 0.1) is 6.10 Å². The molecule has 0 heterocycles. The number of carbonyl (C=O) groups excluding carboxylic acids is 2. The third-order valence-electron chi connectivity index (χ3n) is 1.59. The van der Waals surface area contributed by atoms with E-state index in [4.69, 9.17) is 4.74 Å². The van der Waals surface area contributed by atoms with Crippen LogP contribution in [0.3, 0.4) is 0 Å². The summed E-state index contributed by atoms with van der Waals surface area (Å²) in [5.41, 5.74) is 0. The first-order valence-corrected chi connectivity index (χ1v) is 4.20. The number of hydrogen-bond acceptors (Lipinski definition) is 3. The normalized spacial score (nSPS) is 20.8. The Morgan fingerprint density at radius 3 is 2.69 bits per heavy atom. The van der Waals surface area contributed by atoms with Crippen LogP contribution in [0, 0.1) is 5.92 Å². The Bertz CT molecular complexity index is 274. The number of ketones is 1. The van der Waals surface area contributed by atoms with Gasteiger partial charge < -0.3 is 4.74 Å². The van der Waals surface area contributed by atoms with Gasteiger partial charge in [0, 0.05) is 0 Å². The Labute approximate surface area is 77.1 Å². The van der Waals surface area contributed by atoms with Crippen LogP contribution in [0.4, 0.5) is 0 Å². The maximum Gasteiger partial charge on any atom is 0.321 e. The number of allylic oxidation sites excluding steroid dienone is 3. The molecule has 0 aliphatic heterocycles. The minimum Gasteiger partial charge on any atom is -0.462 e. The molecule has 3 nitrogen and oxygen atoms in total. The summed E-state index contributed by atoms with van der Waals surface area (Å²) in [7, 11) is 0. The van der Waals surface area contributed by atoms with E-state index < -0.39 is 11.9 Å². The molecule has 0 aromatic carbocycles. The Morgan fingerprint density at radius 1 is 1.46 bits per heavy atom. The maximum atomic E-state index is 11.3. The van der Waals surface area contributed by atoms with Gasteiger partial charge in [-0.3, -0.25) is 9.59 Å². The molecule has 0 radical (unpaired) electrons. The summed E-state index contributed by atoms with van der Waals surface area (Å²) in [6, 6.07) is 0. The summed E-state index contributed by atoms with van der Waals surface area (Å²) < 4.78 is 4.92. The number of rotatable bonds is 2.